The van der Waals surface area contributed by atoms with Gasteiger partial charge in [0.15, 0.2) is 11.5 Å². The molecule has 0 unspecified atom stereocenters. The Morgan fingerprint density at radius 1 is 1.14 bits per heavy atom. The Balaban J connectivity index is 1.28. The number of halogens is 2. The summed E-state index contributed by atoms with van der Waals surface area (Å²) in [6, 6.07) is 5.47. The lowest BCUT2D eigenvalue weighted by atomic mass is 10.1. The number of carbonyl (C=O) groups is 1. The van der Waals surface area contributed by atoms with E-state index in [1.54, 1.807) is 10.6 Å². The summed E-state index contributed by atoms with van der Waals surface area (Å²) < 4.78 is 34.6. The predicted octanol–water partition coefficient (Wildman–Crippen LogP) is 3.85. The number of hydrogen-bond acceptors (Lipinski definition) is 7. The van der Waals surface area contributed by atoms with Crippen molar-refractivity contribution in [1.29, 1.82) is 0 Å². The second-order valence-electron chi connectivity index (χ2n) is 9.81. The van der Waals surface area contributed by atoms with Crippen molar-refractivity contribution in [2.45, 2.75) is 25.7 Å². The van der Waals surface area contributed by atoms with E-state index in [4.69, 9.17) is 4.74 Å². The smallest absolute Gasteiger partial charge is 0.281 e. The summed E-state index contributed by atoms with van der Waals surface area (Å²) in [5.41, 5.74) is 1.96. The zero-order chi connectivity index (χ0) is 24.4. The molecule has 184 valence electrons. The van der Waals surface area contributed by atoms with Gasteiger partial charge in [0, 0.05) is 47.7 Å². The van der Waals surface area contributed by atoms with Gasteiger partial charge in [0.1, 0.15) is 11.5 Å². The van der Waals surface area contributed by atoms with E-state index < -0.39 is 6.43 Å². The number of amides is 1. The van der Waals surface area contributed by atoms with E-state index in [0.717, 1.165) is 38.0 Å². The van der Waals surface area contributed by atoms with Crippen LogP contribution in [0.1, 0.15) is 31.4 Å². The van der Waals surface area contributed by atoms with E-state index in [1.807, 2.05) is 18.3 Å². The summed E-state index contributed by atoms with van der Waals surface area (Å²) in [4.78, 5) is 27.7. The minimum Gasteiger partial charge on any atom is -0.378 e. The maximum atomic E-state index is 13.7. The Hall–Kier alpha value is -3.73. The Morgan fingerprint density at radius 2 is 1.97 bits per heavy atom. The highest BCUT2D eigenvalue weighted by atomic mass is 19.3. The first-order valence-electron chi connectivity index (χ1n) is 12.1. The third-order valence-electron chi connectivity index (χ3n) is 7.59. The molecule has 2 saturated carbocycles. The van der Waals surface area contributed by atoms with Crippen molar-refractivity contribution in [1.82, 2.24) is 24.6 Å². The Morgan fingerprint density at radius 3 is 2.72 bits per heavy atom. The van der Waals surface area contributed by atoms with Crippen LogP contribution in [-0.4, -0.2) is 56.8 Å². The first kappa shape index (κ1) is 21.5. The van der Waals surface area contributed by atoms with Crippen LogP contribution in [0.3, 0.4) is 0 Å². The fourth-order valence-electron chi connectivity index (χ4n) is 5.22. The zero-order valence-corrected chi connectivity index (χ0v) is 19.3. The molecule has 2 aliphatic carbocycles. The molecule has 0 aromatic carbocycles. The van der Waals surface area contributed by atoms with Gasteiger partial charge in [-0.1, -0.05) is 0 Å². The maximum Gasteiger partial charge on any atom is 0.281 e. The topological polar surface area (TPSA) is 97.5 Å². The largest absolute Gasteiger partial charge is 0.378 e. The van der Waals surface area contributed by atoms with Crippen molar-refractivity contribution in [3.05, 3.63) is 42.5 Å². The number of aromatic nitrogens is 5. The lowest BCUT2D eigenvalue weighted by molar-refractivity contribution is -0.117. The number of alkyl halides is 2. The average molecular weight is 492 g/mol. The SMILES string of the molecule is O=C(Nc1cc2c(-c3nc4ccc(N5CCOCC5)cn4n3)cnc(C(F)F)c2cn1)[C@@H]1CC12CC2. The molecule has 9 nitrogen and oxygen atoms in total. The summed E-state index contributed by atoms with van der Waals surface area (Å²) >= 11 is 0. The third-order valence-corrected chi connectivity index (χ3v) is 7.59. The summed E-state index contributed by atoms with van der Waals surface area (Å²) in [5, 5.41) is 8.17. The van der Waals surface area contributed by atoms with Crippen molar-refractivity contribution in [3.63, 3.8) is 0 Å². The predicted molar refractivity (Wildman–Crippen MR) is 128 cm³/mol. The monoisotopic (exact) mass is 491 g/mol. The number of carbonyl (C=O) groups excluding carboxylic acids is 1. The van der Waals surface area contributed by atoms with Crippen molar-refractivity contribution in [2.24, 2.45) is 11.3 Å². The van der Waals surface area contributed by atoms with Gasteiger partial charge < -0.3 is 15.0 Å². The second kappa shape index (κ2) is 7.89. The number of pyridine rings is 3. The first-order valence-corrected chi connectivity index (χ1v) is 12.1. The standard InChI is InChI=1S/C25H23F2N7O2/c26-22(27)21-16-11-28-19(30-24(35)18-10-25(18)3-4-25)9-15(16)17(12-29-21)23-31-20-2-1-14(13-34(20)32-23)33-5-7-36-8-6-33/h1-2,9,11-13,18,22H,3-8,10H2,(H,28,30,35)/t18-/m0/s1. The van der Waals surface area contributed by atoms with Gasteiger partial charge in [0.25, 0.3) is 6.43 Å². The van der Waals surface area contributed by atoms with Gasteiger partial charge in [0.2, 0.25) is 5.91 Å². The van der Waals surface area contributed by atoms with Crippen molar-refractivity contribution < 1.29 is 18.3 Å². The fourth-order valence-corrected chi connectivity index (χ4v) is 5.22. The molecule has 4 aromatic heterocycles. The quantitative estimate of drug-likeness (QED) is 0.453. The summed E-state index contributed by atoms with van der Waals surface area (Å²) in [6.45, 7) is 2.92. The molecule has 0 bridgehead atoms. The molecule has 1 spiro atoms. The van der Waals surface area contributed by atoms with Gasteiger partial charge in [-0.25, -0.2) is 23.3 Å². The molecule has 3 fully saturated rings. The lowest BCUT2D eigenvalue weighted by Crippen LogP contribution is -2.36. The second-order valence-corrected chi connectivity index (χ2v) is 9.81. The average Bonchev–Trinajstić information content (AvgIpc) is 3.79. The number of rotatable bonds is 5. The van der Waals surface area contributed by atoms with Gasteiger partial charge in [-0.15, -0.1) is 5.10 Å². The van der Waals surface area contributed by atoms with Crippen LogP contribution in [0.25, 0.3) is 27.8 Å². The molecular weight excluding hydrogens is 468 g/mol. The molecule has 3 aliphatic rings. The van der Waals surface area contributed by atoms with Crippen LogP contribution in [-0.2, 0) is 9.53 Å². The number of anilines is 2. The summed E-state index contributed by atoms with van der Waals surface area (Å²) in [7, 11) is 0. The molecule has 1 atom stereocenters. The zero-order valence-electron chi connectivity index (χ0n) is 19.3. The molecule has 7 rings (SSSR count). The van der Waals surface area contributed by atoms with Crippen LogP contribution in [0.4, 0.5) is 20.3 Å². The molecule has 0 radical (unpaired) electrons. The highest BCUT2D eigenvalue weighted by molar-refractivity contribution is 6.00. The molecule has 1 amide bonds. The van der Waals surface area contributed by atoms with Crippen molar-refractivity contribution in [3.8, 4) is 11.4 Å². The van der Waals surface area contributed by atoms with E-state index in [0.29, 0.717) is 41.5 Å². The van der Waals surface area contributed by atoms with E-state index in [2.05, 4.69) is 30.3 Å². The molecule has 1 N–H and O–H groups in total. The lowest BCUT2D eigenvalue weighted by Gasteiger charge is -2.28. The minimum atomic E-state index is -2.77. The Labute approximate surface area is 204 Å². The molecule has 1 aliphatic heterocycles. The van der Waals surface area contributed by atoms with Crippen LogP contribution < -0.4 is 10.2 Å². The number of hydrogen-bond donors (Lipinski definition) is 1. The summed E-state index contributed by atoms with van der Waals surface area (Å²) in [6.07, 6.45) is 4.94. The van der Waals surface area contributed by atoms with Crippen molar-refractivity contribution >= 4 is 33.8 Å². The Kier molecular flexibility index (Phi) is 4.72. The number of nitrogens with zero attached hydrogens (tertiary/aromatic N) is 6. The van der Waals surface area contributed by atoms with Gasteiger partial charge in [-0.3, -0.25) is 9.78 Å². The fraction of sp³-hybridized carbons (Fsp3) is 0.400. The van der Waals surface area contributed by atoms with Gasteiger partial charge >= 0.3 is 0 Å². The van der Waals surface area contributed by atoms with Crippen LogP contribution in [0.15, 0.2) is 36.8 Å². The normalized spacial score (nSPS) is 20.4. The van der Waals surface area contributed by atoms with E-state index in [-0.39, 0.29) is 28.3 Å². The molecule has 4 aromatic rings. The molecule has 1 saturated heterocycles. The van der Waals surface area contributed by atoms with Gasteiger partial charge in [-0.2, -0.15) is 0 Å². The highest BCUT2D eigenvalue weighted by Crippen LogP contribution is 2.70. The van der Waals surface area contributed by atoms with Gasteiger partial charge in [-0.05, 0) is 42.9 Å². The van der Waals surface area contributed by atoms with E-state index in [1.165, 1.54) is 12.4 Å². The molecule has 5 heterocycles. The summed E-state index contributed by atoms with van der Waals surface area (Å²) in [5.74, 6) is 0.631. The van der Waals surface area contributed by atoms with E-state index in [9.17, 15) is 13.6 Å². The number of nitrogens with one attached hydrogen (secondary N) is 1. The Bertz CT molecular complexity index is 1510. The van der Waals surface area contributed by atoms with E-state index >= 15 is 0 Å². The van der Waals surface area contributed by atoms with Gasteiger partial charge in [0.05, 0.1) is 25.1 Å². The number of ether oxygens (including phenoxy) is 1. The van der Waals surface area contributed by atoms with Crippen LogP contribution in [0.5, 0.6) is 0 Å². The highest BCUT2D eigenvalue weighted by Gasteiger charge is 2.65. The molecular formula is C25H23F2N7O2. The number of morpholine rings is 1. The number of fused-ring (bicyclic) bond motifs is 2. The van der Waals surface area contributed by atoms with Crippen LogP contribution in [0.2, 0.25) is 0 Å². The van der Waals surface area contributed by atoms with Crippen molar-refractivity contribution in [2.75, 3.05) is 36.5 Å². The third kappa shape index (κ3) is 3.57. The minimum absolute atomic E-state index is 0.0179. The first-order chi connectivity index (χ1) is 17.5. The molecule has 11 heteroatoms. The molecule has 36 heavy (non-hydrogen) atoms. The van der Waals surface area contributed by atoms with Crippen LogP contribution in [0, 0.1) is 11.3 Å². The van der Waals surface area contributed by atoms with Crippen LogP contribution >= 0.6 is 0 Å². The maximum absolute atomic E-state index is 13.7.